The number of rotatable bonds is 4. The van der Waals surface area contributed by atoms with E-state index < -0.39 is 0 Å². The van der Waals surface area contributed by atoms with Crippen molar-refractivity contribution >= 4 is 0 Å². The first-order valence-electron chi connectivity index (χ1n) is 8.40. The highest BCUT2D eigenvalue weighted by atomic mass is 15.3. The van der Waals surface area contributed by atoms with Crippen molar-refractivity contribution in [1.29, 1.82) is 0 Å². The summed E-state index contributed by atoms with van der Waals surface area (Å²) in [5, 5.41) is 8.51. The molecular weight excluding hydrogens is 246 g/mol. The Kier molecular flexibility index (Phi) is 3.89. The van der Waals surface area contributed by atoms with Crippen LogP contribution in [0.2, 0.25) is 0 Å². The number of hydrogen-bond acceptors (Lipinski definition) is 2. The molecule has 1 heterocycles. The van der Waals surface area contributed by atoms with Crippen LogP contribution in [0.15, 0.2) is 6.20 Å². The third-order valence-electron chi connectivity index (χ3n) is 5.02. The Morgan fingerprint density at radius 3 is 2.80 bits per heavy atom. The van der Waals surface area contributed by atoms with E-state index in [4.69, 9.17) is 5.10 Å². The summed E-state index contributed by atoms with van der Waals surface area (Å²) in [5.41, 5.74) is 3.38. The van der Waals surface area contributed by atoms with E-state index in [-0.39, 0.29) is 0 Å². The standard InChI is InChI=1S/C17H29N3/c1-4-9-18-15-10-17(2,3)11-16-14(15)12-19-20(16)13-7-5-6-8-13/h12-13,15,18H,4-11H2,1-3H3. The van der Waals surface area contributed by atoms with Crippen LogP contribution in [-0.4, -0.2) is 16.3 Å². The van der Waals surface area contributed by atoms with E-state index in [2.05, 4.69) is 37.0 Å². The van der Waals surface area contributed by atoms with Crippen LogP contribution in [0.5, 0.6) is 0 Å². The molecule has 112 valence electrons. The van der Waals surface area contributed by atoms with Crippen molar-refractivity contribution in [3.63, 3.8) is 0 Å². The lowest BCUT2D eigenvalue weighted by Gasteiger charge is -2.36. The summed E-state index contributed by atoms with van der Waals surface area (Å²) in [6, 6.07) is 1.17. The van der Waals surface area contributed by atoms with Gasteiger partial charge in [-0.1, -0.05) is 33.6 Å². The molecule has 3 rings (SSSR count). The SMILES string of the molecule is CCCNC1CC(C)(C)Cc2c1cnn2C1CCCC1. The van der Waals surface area contributed by atoms with Gasteiger partial charge in [0.2, 0.25) is 0 Å². The maximum Gasteiger partial charge on any atom is 0.0540 e. The van der Waals surface area contributed by atoms with E-state index in [0.29, 0.717) is 17.5 Å². The summed E-state index contributed by atoms with van der Waals surface area (Å²) in [7, 11) is 0. The molecule has 0 aliphatic heterocycles. The van der Waals surface area contributed by atoms with E-state index in [1.54, 1.807) is 0 Å². The Bertz CT molecular complexity index is 455. The molecule has 20 heavy (non-hydrogen) atoms. The fraction of sp³-hybridized carbons (Fsp3) is 0.824. The molecule has 0 saturated heterocycles. The van der Waals surface area contributed by atoms with Gasteiger partial charge in [0.15, 0.2) is 0 Å². The van der Waals surface area contributed by atoms with Gasteiger partial charge >= 0.3 is 0 Å². The Labute approximate surface area is 123 Å². The van der Waals surface area contributed by atoms with Crippen LogP contribution in [-0.2, 0) is 6.42 Å². The Balaban J connectivity index is 1.89. The van der Waals surface area contributed by atoms with Crippen LogP contribution in [0.1, 0.15) is 82.6 Å². The van der Waals surface area contributed by atoms with Crippen molar-refractivity contribution in [1.82, 2.24) is 15.1 Å². The van der Waals surface area contributed by atoms with Gasteiger partial charge in [-0.2, -0.15) is 5.10 Å². The minimum absolute atomic E-state index is 0.384. The zero-order valence-corrected chi connectivity index (χ0v) is 13.3. The molecule has 1 saturated carbocycles. The lowest BCUT2D eigenvalue weighted by molar-refractivity contribution is 0.247. The largest absolute Gasteiger partial charge is 0.310 e. The second-order valence-electron chi connectivity index (χ2n) is 7.48. The predicted octanol–water partition coefficient (Wildman–Crippen LogP) is 4.01. The third kappa shape index (κ3) is 2.65. The maximum absolute atomic E-state index is 4.78. The normalized spacial score (nSPS) is 25.9. The number of nitrogens with zero attached hydrogens (tertiary/aromatic N) is 2. The molecule has 2 aliphatic carbocycles. The molecule has 0 bridgehead atoms. The van der Waals surface area contributed by atoms with Crippen LogP contribution in [0.25, 0.3) is 0 Å². The Morgan fingerprint density at radius 1 is 1.35 bits per heavy atom. The zero-order chi connectivity index (χ0) is 14.2. The monoisotopic (exact) mass is 275 g/mol. The number of fused-ring (bicyclic) bond motifs is 1. The fourth-order valence-electron chi connectivity index (χ4n) is 4.03. The van der Waals surface area contributed by atoms with Gasteiger partial charge in [0.05, 0.1) is 12.2 Å². The average Bonchev–Trinajstić information content (AvgIpc) is 3.02. The number of aromatic nitrogens is 2. The Hall–Kier alpha value is -0.830. The molecule has 0 aromatic carbocycles. The molecule has 0 spiro atoms. The molecule has 1 N–H and O–H groups in total. The smallest absolute Gasteiger partial charge is 0.0540 e. The molecule has 0 radical (unpaired) electrons. The van der Waals surface area contributed by atoms with Crippen LogP contribution in [0, 0.1) is 5.41 Å². The first kappa shape index (κ1) is 14.1. The van der Waals surface area contributed by atoms with Crippen molar-refractivity contribution < 1.29 is 0 Å². The molecule has 1 unspecified atom stereocenters. The zero-order valence-electron chi connectivity index (χ0n) is 13.3. The molecule has 2 aliphatic rings. The van der Waals surface area contributed by atoms with Gasteiger partial charge in [0.1, 0.15) is 0 Å². The summed E-state index contributed by atoms with van der Waals surface area (Å²) < 4.78 is 2.38. The molecule has 1 aromatic heterocycles. The van der Waals surface area contributed by atoms with Gasteiger partial charge in [-0.05, 0) is 44.1 Å². The molecular formula is C17H29N3. The highest BCUT2D eigenvalue weighted by Gasteiger charge is 2.36. The van der Waals surface area contributed by atoms with Crippen molar-refractivity contribution in [3.05, 3.63) is 17.5 Å². The van der Waals surface area contributed by atoms with Crippen molar-refractivity contribution in [2.45, 2.75) is 77.8 Å². The van der Waals surface area contributed by atoms with Gasteiger partial charge in [-0.25, -0.2) is 0 Å². The van der Waals surface area contributed by atoms with E-state index in [1.807, 2.05) is 0 Å². The van der Waals surface area contributed by atoms with Gasteiger partial charge < -0.3 is 5.32 Å². The molecule has 1 aromatic rings. The maximum atomic E-state index is 4.78. The first-order valence-corrected chi connectivity index (χ1v) is 8.40. The molecule has 3 heteroatoms. The summed E-state index contributed by atoms with van der Waals surface area (Å²) >= 11 is 0. The highest BCUT2D eigenvalue weighted by molar-refractivity contribution is 5.27. The second-order valence-corrected chi connectivity index (χ2v) is 7.48. The summed E-state index contributed by atoms with van der Waals surface area (Å²) in [6.45, 7) is 8.16. The van der Waals surface area contributed by atoms with Crippen molar-refractivity contribution in [2.24, 2.45) is 5.41 Å². The molecule has 1 fully saturated rings. The van der Waals surface area contributed by atoms with E-state index in [1.165, 1.54) is 56.2 Å². The van der Waals surface area contributed by atoms with Crippen LogP contribution < -0.4 is 5.32 Å². The summed E-state index contributed by atoms with van der Waals surface area (Å²) in [4.78, 5) is 0. The predicted molar refractivity (Wildman–Crippen MR) is 82.9 cm³/mol. The molecule has 1 atom stereocenters. The van der Waals surface area contributed by atoms with Crippen LogP contribution in [0.4, 0.5) is 0 Å². The number of nitrogens with one attached hydrogen (secondary N) is 1. The minimum atomic E-state index is 0.384. The van der Waals surface area contributed by atoms with Crippen LogP contribution in [0.3, 0.4) is 0 Å². The first-order chi connectivity index (χ1) is 9.61. The van der Waals surface area contributed by atoms with Gasteiger partial charge in [0, 0.05) is 17.3 Å². The second kappa shape index (κ2) is 5.51. The number of hydrogen-bond donors (Lipinski definition) is 1. The van der Waals surface area contributed by atoms with Crippen molar-refractivity contribution in [2.75, 3.05) is 6.54 Å². The quantitative estimate of drug-likeness (QED) is 0.899. The van der Waals surface area contributed by atoms with Gasteiger partial charge in [0.25, 0.3) is 0 Å². The molecule has 3 nitrogen and oxygen atoms in total. The van der Waals surface area contributed by atoms with Crippen LogP contribution >= 0.6 is 0 Å². The van der Waals surface area contributed by atoms with E-state index in [9.17, 15) is 0 Å². The van der Waals surface area contributed by atoms with E-state index in [0.717, 1.165) is 6.54 Å². The topological polar surface area (TPSA) is 29.9 Å². The third-order valence-corrected chi connectivity index (χ3v) is 5.02. The Morgan fingerprint density at radius 2 is 2.10 bits per heavy atom. The lowest BCUT2D eigenvalue weighted by Crippen LogP contribution is -2.34. The van der Waals surface area contributed by atoms with Crippen molar-refractivity contribution in [3.8, 4) is 0 Å². The molecule has 0 amide bonds. The van der Waals surface area contributed by atoms with Gasteiger partial charge in [-0.15, -0.1) is 0 Å². The minimum Gasteiger partial charge on any atom is -0.310 e. The average molecular weight is 275 g/mol. The fourth-order valence-corrected chi connectivity index (χ4v) is 4.03. The summed E-state index contributed by atoms with van der Waals surface area (Å²) in [6.07, 6.45) is 11.2. The summed E-state index contributed by atoms with van der Waals surface area (Å²) in [5.74, 6) is 0. The lowest BCUT2D eigenvalue weighted by atomic mass is 9.74. The van der Waals surface area contributed by atoms with Gasteiger partial charge in [-0.3, -0.25) is 4.68 Å². The highest BCUT2D eigenvalue weighted by Crippen LogP contribution is 2.42. The van der Waals surface area contributed by atoms with E-state index >= 15 is 0 Å².